The lowest BCUT2D eigenvalue weighted by Gasteiger charge is -2.16. The van der Waals surface area contributed by atoms with Crippen LogP contribution in [0, 0.1) is 11.3 Å². The highest BCUT2D eigenvalue weighted by molar-refractivity contribution is 5.78. The third-order valence-electron chi connectivity index (χ3n) is 3.18. The molecule has 82 valence electrons. The smallest absolute Gasteiger partial charge is 0.224 e. The van der Waals surface area contributed by atoms with Crippen LogP contribution in [0.25, 0.3) is 0 Å². The zero-order valence-corrected chi connectivity index (χ0v) is 9.31. The number of hydrogen-bond donors (Lipinski definition) is 2. The summed E-state index contributed by atoms with van der Waals surface area (Å²) < 4.78 is 0. The van der Waals surface area contributed by atoms with Gasteiger partial charge in [-0.2, -0.15) is 0 Å². The Morgan fingerprint density at radius 1 is 1.57 bits per heavy atom. The minimum absolute atomic E-state index is 0.0487. The molecule has 1 aliphatic rings. The van der Waals surface area contributed by atoms with Crippen LogP contribution in [0.3, 0.4) is 0 Å². The summed E-state index contributed by atoms with van der Waals surface area (Å²) in [4.78, 5) is 11.5. The molecule has 14 heavy (non-hydrogen) atoms. The molecule has 3 nitrogen and oxygen atoms in total. The van der Waals surface area contributed by atoms with Gasteiger partial charge >= 0.3 is 0 Å². The van der Waals surface area contributed by atoms with Crippen LogP contribution in [0.2, 0.25) is 0 Å². The molecule has 3 heteroatoms. The molecule has 1 fully saturated rings. The lowest BCUT2D eigenvalue weighted by molar-refractivity contribution is -0.124. The van der Waals surface area contributed by atoms with Gasteiger partial charge in [-0.25, -0.2) is 0 Å². The monoisotopic (exact) mass is 198 g/mol. The fourth-order valence-electron chi connectivity index (χ4n) is 1.78. The van der Waals surface area contributed by atoms with E-state index in [9.17, 15) is 4.79 Å². The Labute approximate surface area is 86.4 Å². The molecule has 1 rings (SSSR count). The van der Waals surface area contributed by atoms with Gasteiger partial charge in [0.15, 0.2) is 0 Å². The van der Waals surface area contributed by atoms with Crippen molar-refractivity contribution in [1.29, 1.82) is 0 Å². The molecule has 3 N–H and O–H groups in total. The van der Waals surface area contributed by atoms with Crippen LogP contribution in [-0.4, -0.2) is 19.0 Å². The molecule has 0 saturated heterocycles. The standard InChI is InChI=1S/C11H22N2O/c1-3-4-11(5-6-11)8-13-10(14)9(2)7-12/h9H,3-8,12H2,1-2H3,(H,13,14). The Morgan fingerprint density at radius 3 is 2.64 bits per heavy atom. The van der Waals surface area contributed by atoms with Crippen molar-refractivity contribution in [2.24, 2.45) is 17.1 Å². The predicted molar refractivity (Wildman–Crippen MR) is 57.8 cm³/mol. The van der Waals surface area contributed by atoms with Crippen LogP contribution in [0.15, 0.2) is 0 Å². The number of nitrogens with two attached hydrogens (primary N) is 1. The number of carbonyl (C=O) groups excluding carboxylic acids is 1. The van der Waals surface area contributed by atoms with Crippen molar-refractivity contribution in [3.8, 4) is 0 Å². The lowest BCUT2D eigenvalue weighted by atomic mass is 10.0. The second-order valence-electron chi connectivity index (χ2n) is 4.60. The molecule has 0 bridgehead atoms. The van der Waals surface area contributed by atoms with E-state index in [1.807, 2.05) is 6.92 Å². The summed E-state index contributed by atoms with van der Waals surface area (Å²) in [6.45, 7) is 5.36. The van der Waals surface area contributed by atoms with Crippen molar-refractivity contribution in [3.63, 3.8) is 0 Å². The molecule has 0 spiro atoms. The van der Waals surface area contributed by atoms with E-state index in [1.165, 1.54) is 25.7 Å². The summed E-state index contributed by atoms with van der Waals surface area (Å²) >= 11 is 0. The zero-order valence-electron chi connectivity index (χ0n) is 9.31. The first-order chi connectivity index (χ1) is 6.63. The molecule has 1 amide bonds. The summed E-state index contributed by atoms with van der Waals surface area (Å²) in [5.41, 5.74) is 5.87. The highest BCUT2D eigenvalue weighted by Gasteiger charge is 2.41. The van der Waals surface area contributed by atoms with Crippen molar-refractivity contribution in [2.45, 2.75) is 39.5 Å². The normalized spacial score (nSPS) is 20.2. The number of carbonyl (C=O) groups is 1. The molecule has 1 unspecified atom stereocenters. The van der Waals surface area contributed by atoms with Gasteiger partial charge in [-0.05, 0) is 24.7 Å². The van der Waals surface area contributed by atoms with Crippen molar-refractivity contribution in [1.82, 2.24) is 5.32 Å². The fraction of sp³-hybridized carbons (Fsp3) is 0.909. The Bertz CT molecular complexity index is 199. The van der Waals surface area contributed by atoms with Crippen molar-refractivity contribution in [3.05, 3.63) is 0 Å². The largest absolute Gasteiger partial charge is 0.355 e. The summed E-state index contributed by atoms with van der Waals surface area (Å²) in [6.07, 6.45) is 5.00. The zero-order chi connectivity index (χ0) is 10.6. The van der Waals surface area contributed by atoms with Crippen LogP contribution in [0.4, 0.5) is 0 Å². The first-order valence-electron chi connectivity index (χ1n) is 5.61. The predicted octanol–water partition coefficient (Wildman–Crippen LogP) is 1.28. The summed E-state index contributed by atoms with van der Waals surface area (Å²) in [5, 5.41) is 3.00. The van der Waals surface area contributed by atoms with E-state index in [0.29, 0.717) is 12.0 Å². The maximum absolute atomic E-state index is 11.5. The van der Waals surface area contributed by atoms with Crippen molar-refractivity contribution in [2.75, 3.05) is 13.1 Å². The minimum atomic E-state index is -0.0487. The molecule has 0 aromatic carbocycles. The Kier molecular flexibility index (Phi) is 3.93. The Hall–Kier alpha value is -0.570. The maximum atomic E-state index is 11.5. The quantitative estimate of drug-likeness (QED) is 0.675. The van der Waals surface area contributed by atoms with Crippen LogP contribution < -0.4 is 11.1 Å². The SMILES string of the molecule is CCCC1(CNC(=O)C(C)CN)CC1. The molecule has 0 aromatic rings. The van der Waals surface area contributed by atoms with Gasteiger partial charge in [-0.15, -0.1) is 0 Å². The van der Waals surface area contributed by atoms with Gasteiger partial charge in [0.05, 0.1) is 0 Å². The highest BCUT2D eigenvalue weighted by Crippen LogP contribution is 2.48. The van der Waals surface area contributed by atoms with Crippen molar-refractivity contribution >= 4 is 5.91 Å². The molecule has 0 heterocycles. The number of rotatable bonds is 6. The van der Waals surface area contributed by atoms with E-state index < -0.39 is 0 Å². The number of nitrogens with one attached hydrogen (secondary N) is 1. The van der Waals surface area contributed by atoms with E-state index in [0.717, 1.165) is 6.54 Å². The van der Waals surface area contributed by atoms with E-state index in [1.54, 1.807) is 0 Å². The summed E-state index contributed by atoms with van der Waals surface area (Å²) in [6, 6.07) is 0. The van der Waals surface area contributed by atoms with Gasteiger partial charge in [0.2, 0.25) is 5.91 Å². The van der Waals surface area contributed by atoms with Gasteiger partial charge in [0.1, 0.15) is 0 Å². The van der Waals surface area contributed by atoms with Crippen LogP contribution >= 0.6 is 0 Å². The molecular formula is C11H22N2O. The molecule has 1 aliphatic carbocycles. The molecule has 0 aliphatic heterocycles. The van der Waals surface area contributed by atoms with E-state index in [2.05, 4.69) is 12.2 Å². The van der Waals surface area contributed by atoms with Crippen LogP contribution in [0.5, 0.6) is 0 Å². The van der Waals surface area contributed by atoms with Gasteiger partial charge < -0.3 is 11.1 Å². The summed E-state index contributed by atoms with van der Waals surface area (Å²) in [5.74, 6) is 0.0577. The number of amides is 1. The first-order valence-corrected chi connectivity index (χ1v) is 5.61. The van der Waals surface area contributed by atoms with Gasteiger partial charge in [0.25, 0.3) is 0 Å². The molecule has 0 aromatic heterocycles. The lowest BCUT2D eigenvalue weighted by Crippen LogP contribution is -2.36. The van der Waals surface area contributed by atoms with Gasteiger partial charge in [0, 0.05) is 19.0 Å². The van der Waals surface area contributed by atoms with E-state index in [4.69, 9.17) is 5.73 Å². The average Bonchev–Trinajstić information content (AvgIpc) is 2.94. The minimum Gasteiger partial charge on any atom is -0.355 e. The highest BCUT2D eigenvalue weighted by atomic mass is 16.1. The van der Waals surface area contributed by atoms with E-state index >= 15 is 0 Å². The van der Waals surface area contributed by atoms with Crippen LogP contribution in [-0.2, 0) is 4.79 Å². The second-order valence-corrected chi connectivity index (χ2v) is 4.60. The molecule has 1 saturated carbocycles. The first kappa shape index (κ1) is 11.5. The fourth-order valence-corrected chi connectivity index (χ4v) is 1.78. The average molecular weight is 198 g/mol. The third-order valence-corrected chi connectivity index (χ3v) is 3.18. The molecular weight excluding hydrogens is 176 g/mol. The second kappa shape index (κ2) is 4.78. The maximum Gasteiger partial charge on any atom is 0.224 e. The Morgan fingerprint density at radius 2 is 2.21 bits per heavy atom. The van der Waals surface area contributed by atoms with Gasteiger partial charge in [-0.1, -0.05) is 20.3 Å². The molecule has 0 radical (unpaired) electrons. The number of hydrogen-bond acceptors (Lipinski definition) is 2. The third kappa shape index (κ3) is 2.98. The topological polar surface area (TPSA) is 55.1 Å². The van der Waals surface area contributed by atoms with E-state index in [-0.39, 0.29) is 11.8 Å². The van der Waals surface area contributed by atoms with Crippen molar-refractivity contribution < 1.29 is 4.79 Å². The summed E-state index contributed by atoms with van der Waals surface area (Å²) in [7, 11) is 0. The Balaban J connectivity index is 2.23. The molecule has 1 atom stereocenters. The van der Waals surface area contributed by atoms with Gasteiger partial charge in [-0.3, -0.25) is 4.79 Å². The van der Waals surface area contributed by atoms with Crippen LogP contribution in [0.1, 0.15) is 39.5 Å².